The molecule has 154 valence electrons. The minimum absolute atomic E-state index is 0.00693. The zero-order chi connectivity index (χ0) is 22.1. The van der Waals surface area contributed by atoms with Gasteiger partial charge >= 0.3 is 0 Å². The van der Waals surface area contributed by atoms with Gasteiger partial charge in [0, 0.05) is 22.0 Å². The maximum Gasteiger partial charge on any atom is 0.0252 e. The van der Waals surface area contributed by atoms with E-state index in [1.807, 2.05) is 0 Å². The molecule has 0 heterocycles. The molecule has 0 aliphatic heterocycles. The molecule has 0 saturated carbocycles. The highest BCUT2D eigenvalue weighted by molar-refractivity contribution is 5.82. The molecule has 0 nitrogen and oxygen atoms in total. The van der Waals surface area contributed by atoms with Crippen LogP contribution in [0.15, 0.2) is 84.9 Å². The van der Waals surface area contributed by atoms with Gasteiger partial charge in [0.05, 0.1) is 0 Å². The summed E-state index contributed by atoms with van der Waals surface area (Å²) in [6.07, 6.45) is 0. The van der Waals surface area contributed by atoms with Crippen molar-refractivity contribution in [3.8, 4) is 34.1 Å². The molecule has 0 aromatic heterocycles. The molecule has 0 fully saturated rings. The Labute approximate surface area is 191 Å². The second-order valence-corrected chi connectivity index (χ2v) is 10.1. The normalized spacial score (nSPS) is 15.8. The lowest BCUT2D eigenvalue weighted by Gasteiger charge is -2.21. The molecule has 6 rings (SSSR count). The Morgan fingerprint density at radius 2 is 0.812 bits per heavy atom. The average molecular weight is 411 g/mol. The van der Waals surface area contributed by atoms with Gasteiger partial charge in [-0.3, -0.25) is 0 Å². The van der Waals surface area contributed by atoms with Crippen LogP contribution >= 0.6 is 0 Å². The molecule has 2 aliphatic carbocycles. The third-order valence-corrected chi connectivity index (χ3v) is 7.52. The van der Waals surface area contributed by atoms with Crippen molar-refractivity contribution in [1.82, 2.24) is 0 Å². The lowest BCUT2D eigenvalue weighted by atomic mass is 9.82. The highest BCUT2D eigenvalue weighted by atomic mass is 14.4. The minimum atomic E-state index is 0.00693. The van der Waals surface area contributed by atoms with E-state index < -0.39 is 0 Å². The van der Waals surface area contributed by atoms with Crippen LogP contribution in [0, 0.1) is 11.8 Å². The van der Waals surface area contributed by atoms with Gasteiger partial charge in [0.1, 0.15) is 0 Å². The topological polar surface area (TPSA) is 0 Å². The molecule has 0 N–H and O–H groups in total. The van der Waals surface area contributed by atoms with Gasteiger partial charge in [0.25, 0.3) is 0 Å². The molecule has 32 heavy (non-hydrogen) atoms. The number of hydrogen-bond donors (Lipinski definition) is 0. The summed E-state index contributed by atoms with van der Waals surface area (Å²) in [5, 5.41) is 0. The van der Waals surface area contributed by atoms with Crippen LogP contribution < -0.4 is 0 Å². The molecular formula is C32H26. The first-order valence-corrected chi connectivity index (χ1v) is 11.4. The first-order valence-electron chi connectivity index (χ1n) is 11.4. The van der Waals surface area contributed by atoms with E-state index in [0.29, 0.717) is 0 Å². The molecular weight excluding hydrogens is 384 g/mol. The van der Waals surface area contributed by atoms with Crippen LogP contribution in [0.25, 0.3) is 22.3 Å². The van der Waals surface area contributed by atoms with Crippen molar-refractivity contribution in [3.05, 3.63) is 118 Å². The van der Waals surface area contributed by atoms with E-state index in [2.05, 4.69) is 124 Å². The van der Waals surface area contributed by atoms with Crippen LogP contribution in [-0.2, 0) is 10.8 Å². The van der Waals surface area contributed by atoms with Crippen LogP contribution in [0.4, 0.5) is 0 Å². The molecule has 0 spiro atoms. The Morgan fingerprint density at radius 3 is 1.25 bits per heavy atom. The average Bonchev–Trinajstić information content (AvgIpc) is 3.18. The minimum Gasteiger partial charge on any atom is -0.0619 e. The zero-order valence-electron chi connectivity index (χ0n) is 19.1. The van der Waals surface area contributed by atoms with E-state index in [4.69, 9.17) is 0 Å². The fourth-order valence-corrected chi connectivity index (χ4v) is 5.71. The van der Waals surface area contributed by atoms with Crippen LogP contribution in [0.1, 0.15) is 61.1 Å². The summed E-state index contributed by atoms with van der Waals surface area (Å²) in [6, 6.07) is 30.9. The summed E-state index contributed by atoms with van der Waals surface area (Å²) in [6.45, 7) is 9.26. The molecule has 0 amide bonds. The van der Waals surface area contributed by atoms with Gasteiger partial charge < -0.3 is 0 Å². The SMILES string of the molecule is CC1(C)c2ccccc2-c2ccc(C#Cc3ccc4c(c3)C(C)(C)c3ccccc3-4)cc21. The summed E-state index contributed by atoms with van der Waals surface area (Å²) in [5.74, 6) is 6.89. The van der Waals surface area contributed by atoms with Crippen molar-refractivity contribution in [1.29, 1.82) is 0 Å². The number of rotatable bonds is 0. The van der Waals surface area contributed by atoms with Crippen molar-refractivity contribution < 1.29 is 0 Å². The lowest BCUT2D eigenvalue weighted by molar-refractivity contribution is 0.660. The van der Waals surface area contributed by atoms with E-state index in [9.17, 15) is 0 Å². The molecule has 0 unspecified atom stereocenters. The highest BCUT2D eigenvalue weighted by Gasteiger charge is 2.36. The second kappa shape index (κ2) is 6.47. The zero-order valence-corrected chi connectivity index (χ0v) is 19.1. The predicted molar refractivity (Wildman–Crippen MR) is 134 cm³/mol. The molecule has 0 heteroatoms. The first kappa shape index (κ1) is 19.1. The van der Waals surface area contributed by atoms with Gasteiger partial charge in [-0.25, -0.2) is 0 Å². The maximum absolute atomic E-state index is 3.44. The maximum atomic E-state index is 3.44. The first-order chi connectivity index (χ1) is 15.4. The van der Waals surface area contributed by atoms with Gasteiger partial charge in [-0.2, -0.15) is 0 Å². The van der Waals surface area contributed by atoms with Crippen LogP contribution in [0.2, 0.25) is 0 Å². The Hall–Kier alpha value is -3.56. The van der Waals surface area contributed by atoms with Gasteiger partial charge in [-0.1, -0.05) is 100 Å². The van der Waals surface area contributed by atoms with Gasteiger partial charge in [-0.05, 0) is 68.8 Å². The van der Waals surface area contributed by atoms with Crippen LogP contribution in [-0.4, -0.2) is 0 Å². The highest BCUT2D eigenvalue weighted by Crippen LogP contribution is 2.49. The number of benzene rings is 4. The molecule has 0 bridgehead atoms. The fourth-order valence-electron chi connectivity index (χ4n) is 5.71. The number of fused-ring (bicyclic) bond motifs is 6. The third kappa shape index (κ3) is 2.58. The van der Waals surface area contributed by atoms with Crippen molar-refractivity contribution in [3.63, 3.8) is 0 Å². The standard InChI is InChI=1S/C32H26/c1-31(2)27-11-7-5-9-23(27)25-17-15-21(19-29(25)31)13-14-22-16-18-26-24-10-6-8-12-28(24)32(3,4)30(26)20-22/h5-12,15-20H,1-4H3. The van der Waals surface area contributed by atoms with Crippen molar-refractivity contribution in [2.45, 2.75) is 38.5 Å². The van der Waals surface area contributed by atoms with Crippen molar-refractivity contribution >= 4 is 0 Å². The summed E-state index contributed by atoms with van der Waals surface area (Å²) >= 11 is 0. The van der Waals surface area contributed by atoms with Crippen LogP contribution in [0.3, 0.4) is 0 Å². The summed E-state index contributed by atoms with van der Waals surface area (Å²) in [4.78, 5) is 0. The second-order valence-electron chi connectivity index (χ2n) is 10.1. The quantitative estimate of drug-likeness (QED) is 0.261. The third-order valence-electron chi connectivity index (χ3n) is 7.52. The Balaban J connectivity index is 1.39. The molecule has 0 radical (unpaired) electrons. The predicted octanol–water partition coefficient (Wildman–Crippen LogP) is 7.70. The summed E-state index contributed by atoms with van der Waals surface area (Å²) < 4.78 is 0. The molecule has 2 aliphatic rings. The lowest BCUT2D eigenvalue weighted by Crippen LogP contribution is -2.15. The summed E-state index contributed by atoms with van der Waals surface area (Å²) in [7, 11) is 0. The Bertz CT molecular complexity index is 1360. The van der Waals surface area contributed by atoms with E-state index in [-0.39, 0.29) is 10.8 Å². The largest absolute Gasteiger partial charge is 0.0619 e. The molecule has 0 atom stereocenters. The van der Waals surface area contributed by atoms with E-state index >= 15 is 0 Å². The number of hydrogen-bond acceptors (Lipinski definition) is 0. The smallest absolute Gasteiger partial charge is 0.0252 e. The van der Waals surface area contributed by atoms with E-state index in [0.717, 1.165) is 11.1 Å². The van der Waals surface area contributed by atoms with Crippen molar-refractivity contribution in [2.24, 2.45) is 0 Å². The molecule has 4 aromatic rings. The van der Waals surface area contributed by atoms with E-state index in [1.165, 1.54) is 44.5 Å². The summed E-state index contributed by atoms with van der Waals surface area (Å²) in [5.41, 5.74) is 13.1. The van der Waals surface area contributed by atoms with Crippen molar-refractivity contribution in [2.75, 3.05) is 0 Å². The fraction of sp³-hybridized carbons (Fsp3) is 0.188. The molecule has 4 aromatic carbocycles. The van der Waals surface area contributed by atoms with Crippen LogP contribution in [0.5, 0.6) is 0 Å². The Kier molecular flexibility index (Phi) is 3.87. The van der Waals surface area contributed by atoms with Gasteiger partial charge in [0.2, 0.25) is 0 Å². The Morgan fingerprint density at radius 1 is 0.438 bits per heavy atom. The monoisotopic (exact) mass is 410 g/mol. The van der Waals surface area contributed by atoms with Gasteiger partial charge in [0.15, 0.2) is 0 Å². The molecule has 0 saturated heterocycles. The van der Waals surface area contributed by atoms with E-state index in [1.54, 1.807) is 0 Å². The van der Waals surface area contributed by atoms with Gasteiger partial charge in [-0.15, -0.1) is 0 Å².